The molecule has 5 heteroatoms. The number of hydrogen-bond donors (Lipinski definition) is 0. The summed E-state index contributed by atoms with van der Waals surface area (Å²) in [4.78, 5) is 17.8. The lowest BCUT2D eigenvalue weighted by atomic mass is 10.2. The van der Waals surface area contributed by atoms with E-state index in [0.717, 1.165) is 10.7 Å². The Hall–Kier alpha value is -1.75. The van der Waals surface area contributed by atoms with Crippen LogP contribution < -0.4 is 0 Å². The average Bonchev–Trinajstić information content (AvgIpc) is 2.74. The van der Waals surface area contributed by atoms with Gasteiger partial charge in [-0.3, -0.25) is 4.79 Å². The fourth-order valence-electron chi connectivity index (χ4n) is 1.64. The van der Waals surface area contributed by atoms with E-state index in [1.54, 1.807) is 19.2 Å². The zero-order valence-corrected chi connectivity index (χ0v) is 11.0. The molecule has 1 aromatic carbocycles. The molecular weight excluding hydrogens is 251 g/mol. The SMILES string of the molecule is Cc1nc(CN(C)C(=O)c2ccccc2F)cs1. The van der Waals surface area contributed by atoms with Crippen LogP contribution in [0.5, 0.6) is 0 Å². The molecule has 0 N–H and O–H groups in total. The van der Waals surface area contributed by atoms with Gasteiger partial charge in [0, 0.05) is 12.4 Å². The molecule has 0 bridgehead atoms. The molecule has 0 spiro atoms. The van der Waals surface area contributed by atoms with Crippen LogP contribution in [-0.2, 0) is 6.54 Å². The first-order valence-electron chi connectivity index (χ1n) is 5.49. The Labute approximate surface area is 109 Å². The van der Waals surface area contributed by atoms with Gasteiger partial charge < -0.3 is 4.90 Å². The van der Waals surface area contributed by atoms with E-state index in [0.29, 0.717) is 6.54 Å². The highest BCUT2D eigenvalue weighted by atomic mass is 32.1. The predicted molar refractivity (Wildman–Crippen MR) is 69.0 cm³/mol. The third-order valence-corrected chi connectivity index (χ3v) is 3.34. The second-order valence-electron chi connectivity index (χ2n) is 4.00. The summed E-state index contributed by atoms with van der Waals surface area (Å²) < 4.78 is 13.5. The molecule has 2 rings (SSSR count). The van der Waals surface area contributed by atoms with Crippen molar-refractivity contribution in [3.63, 3.8) is 0 Å². The summed E-state index contributed by atoms with van der Waals surface area (Å²) >= 11 is 1.53. The lowest BCUT2D eigenvalue weighted by molar-refractivity contribution is 0.0779. The Morgan fingerprint density at radius 3 is 2.78 bits per heavy atom. The van der Waals surface area contributed by atoms with Gasteiger partial charge in [0.05, 0.1) is 22.8 Å². The van der Waals surface area contributed by atoms with Gasteiger partial charge in [-0.25, -0.2) is 9.37 Å². The summed E-state index contributed by atoms with van der Waals surface area (Å²) in [6.07, 6.45) is 0. The summed E-state index contributed by atoms with van der Waals surface area (Å²) in [6, 6.07) is 5.99. The Kier molecular flexibility index (Phi) is 3.72. The second kappa shape index (κ2) is 5.27. The van der Waals surface area contributed by atoms with Gasteiger partial charge in [-0.15, -0.1) is 11.3 Å². The van der Waals surface area contributed by atoms with E-state index in [2.05, 4.69) is 4.98 Å². The topological polar surface area (TPSA) is 33.2 Å². The van der Waals surface area contributed by atoms with Crippen LogP contribution in [0.2, 0.25) is 0 Å². The highest BCUT2D eigenvalue weighted by Gasteiger charge is 2.16. The van der Waals surface area contributed by atoms with Crippen molar-refractivity contribution in [2.45, 2.75) is 13.5 Å². The number of carbonyl (C=O) groups excluding carboxylic acids is 1. The van der Waals surface area contributed by atoms with Crippen molar-refractivity contribution in [2.24, 2.45) is 0 Å². The molecule has 18 heavy (non-hydrogen) atoms. The van der Waals surface area contributed by atoms with Crippen LogP contribution >= 0.6 is 11.3 Å². The maximum Gasteiger partial charge on any atom is 0.256 e. The minimum absolute atomic E-state index is 0.0898. The number of benzene rings is 1. The first-order valence-corrected chi connectivity index (χ1v) is 6.37. The molecule has 1 amide bonds. The first-order chi connectivity index (χ1) is 8.58. The zero-order chi connectivity index (χ0) is 13.1. The highest BCUT2D eigenvalue weighted by Crippen LogP contribution is 2.13. The molecule has 0 aliphatic rings. The Morgan fingerprint density at radius 2 is 2.17 bits per heavy atom. The van der Waals surface area contributed by atoms with Crippen molar-refractivity contribution in [1.29, 1.82) is 0 Å². The van der Waals surface area contributed by atoms with E-state index in [9.17, 15) is 9.18 Å². The van der Waals surface area contributed by atoms with Crippen molar-refractivity contribution < 1.29 is 9.18 Å². The van der Waals surface area contributed by atoms with Gasteiger partial charge in [-0.1, -0.05) is 12.1 Å². The van der Waals surface area contributed by atoms with Crippen molar-refractivity contribution in [3.8, 4) is 0 Å². The van der Waals surface area contributed by atoms with E-state index in [1.807, 2.05) is 12.3 Å². The number of rotatable bonds is 3. The monoisotopic (exact) mass is 264 g/mol. The van der Waals surface area contributed by atoms with Crippen LogP contribution in [0.15, 0.2) is 29.6 Å². The largest absolute Gasteiger partial charge is 0.336 e. The highest BCUT2D eigenvalue weighted by molar-refractivity contribution is 7.09. The number of aromatic nitrogens is 1. The van der Waals surface area contributed by atoms with Crippen molar-refractivity contribution >= 4 is 17.2 Å². The number of halogens is 1. The quantitative estimate of drug-likeness (QED) is 0.854. The fourth-order valence-corrected chi connectivity index (χ4v) is 2.24. The summed E-state index contributed by atoms with van der Waals surface area (Å²) in [5.41, 5.74) is 0.914. The maximum absolute atomic E-state index is 13.5. The van der Waals surface area contributed by atoms with E-state index in [-0.39, 0.29) is 11.5 Å². The first kappa shape index (κ1) is 12.7. The third kappa shape index (κ3) is 2.73. The molecule has 0 fully saturated rings. The molecule has 0 radical (unpaired) electrons. The van der Waals surface area contributed by atoms with Crippen molar-refractivity contribution in [1.82, 2.24) is 9.88 Å². The zero-order valence-electron chi connectivity index (χ0n) is 10.2. The minimum Gasteiger partial charge on any atom is -0.336 e. The van der Waals surface area contributed by atoms with E-state index < -0.39 is 5.82 Å². The molecule has 0 saturated heterocycles. The third-order valence-electron chi connectivity index (χ3n) is 2.52. The fraction of sp³-hybridized carbons (Fsp3) is 0.231. The Bertz CT molecular complexity index is 568. The van der Waals surface area contributed by atoms with Gasteiger partial charge in [-0.05, 0) is 19.1 Å². The van der Waals surface area contributed by atoms with Gasteiger partial charge in [0.2, 0.25) is 0 Å². The van der Waals surface area contributed by atoms with Gasteiger partial charge in [-0.2, -0.15) is 0 Å². The number of carbonyl (C=O) groups is 1. The van der Waals surface area contributed by atoms with Crippen LogP contribution in [0.1, 0.15) is 21.1 Å². The lowest BCUT2D eigenvalue weighted by Crippen LogP contribution is -2.27. The molecule has 0 saturated carbocycles. The van der Waals surface area contributed by atoms with Gasteiger partial charge in [0.25, 0.3) is 5.91 Å². The summed E-state index contributed by atoms with van der Waals surface area (Å²) in [5.74, 6) is -0.831. The number of aryl methyl sites for hydroxylation is 1. The molecule has 0 atom stereocenters. The van der Waals surface area contributed by atoms with E-state index >= 15 is 0 Å². The summed E-state index contributed by atoms with van der Waals surface area (Å²) in [6.45, 7) is 2.30. The molecule has 1 aromatic heterocycles. The molecule has 3 nitrogen and oxygen atoms in total. The van der Waals surface area contributed by atoms with Crippen LogP contribution in [-0.4, -0.2) is 22.8 Å². The van der Waals surface area contributed by atoms with Crippen molar-refractivity contribution in [2.75, 3.05) is 7.05 Å². The van der Waals surface area contributed by atoms with E-state index in [1.165, 1.54) is 28.4 Å². The Balaban J connectivity index is 2.12. The molecule has 0 aliphatic carbocycles. The molecular formula is C13H13FN2OS. The number of nitrogens with zero attached hydrogens (tertiary/aromatic N) is 2. The predicted octanol–water partition coefficient (Wildman–Crippen LogP) is 2.86. The second-order valence-corrected chi connectivity index (χ2v) is 5.06. The normalized spacial score (nSPS) is 10.4. The van der Waals surface area contributed by atoms with Crippen LogP contribution in [0.25, 0.3) is 0 Å². The van der Waals surface area contributed by atoms with Crippen LogP contribution in [0.3, 0.4) is 0 Å². The van der Waals surface area contributed by atoms with Crippen LogP contribution in [0, 0.1) is 12.7 Å². The Morgan fingerprint density at radius 1 is 1.44 bits per heavy atom. The molecule has 94 valence electrons. The lowest BCUT2D eigenvalue weighted by Gasteiger charge is -2.16. The van der Waals surface area contributed by atoms with Gasteiger partial charge in [0.15, 0.2) is 0 Å². The standard InChI is InChI=1S/C13H13FN2OS/c1-9-15-10(8-18-9)7-16(2)13(17)11-5-3-4-6-12(11)14/h3-6,8H,7H2,1-2H3. The van der Waals surface area contributed by atoms with Gasteiger partial charge >= 0.3 is 0 Å². The molecule has 0 unspecified atom stereocenters. The minimum atomic E-state index is -0.496. The molecule has 1 heterocycles. The van der Waals surface area contributed by atoms with Crippen molar-refractivity contribution in [3.05, 3.63) is 51.7 Å². The maximum atomic E-state index is 13.5. The smallest absolute Gasteiger partial charge is 0.256 e. The molecule has 0 aliphatic heterocycles. The average molecular weight is 264 g/mol. The number of thiazole rings is 1. The van der Waals surface area contributed by atoms with E-state index in [4.69, 9.17) is 0 Å². The summed E-state index contributed by atoms with van der Waals surface area (Å²) in [7, 11) is 1.64. The number of hydrogen-bond acceptors (Lipinski definition) is 3. The van der Waals surface area contributed by atoms with Gasteiger partial charge in [0.1, 0.15) is 5.82 Å². The summed E-state index contributed by atoms with van der Waals surface area (Å²) in [5, 5.41) is 2.86. The van der Waals surface area contributed by atoms with Crippen LogP contribution in [0.4, 0.5) is 4.39 Å². The molecule has 2 aromatic rings. The number of amides is 1.